The van der Waals surface area contributed by atoms with Crippen molar-refractivity contribution in [2.45, 2.75) is 6.92 Å². The molecule has 3 aromatic rings. The Kier molecular flexibility index (Phi) is 4.34. The summed E-state index contributed by atoms with van der Waals surface area (Å²) < 4.78 is 18.6. The number of hydrogen-bond acceptors (Lipinski definition) is 5. The number of nitrogens with zero attached hydrogens (tertiary/aromatic N) is 1. The molecule has 0 unspecified atom stereocenters. The highest BCUT2D eigenvalue weighted by molar-refractivity contribution is 7.14. The number of thiazole rings is 1. The Morgan fingerprint density at radius 2 is 1.91 bits per heavy atom. The second kappa shape index (κ2) is 6.58. The molecular formula is C17H13FN2O2S. The van der Waals surface area contributed by atoms with Crippen molar-refractivity contribution in [2.24, 2.45) is 0 Å². The molecule has 1 heterocycles. The van der Waals surface area contributed by atoms with Crippen LogP contribution in [0.2, 0.25) is 0 Å². The van der Waals surface area contributed by atoms with Crippen LogP contribution in [-0.2, 0) is 4.79 Å². The fourth-order valence-electron chi connectivity index (χ4n) is 2.00. The van der Waals surface area contributed by atoms with Crippen LogP contribution in [0.15, 0.2) is 53.9 Å². The van der Waals surface area contributed by atoms with Crippen molar-refractivity contribution in [3.05, 3.63) is 59.7 Å². The second-order valence-corrected chi connectivity index (χ2v) is 5.62. The van der Waals surface area contributed by atoms with Gasteiger partial charge in [-0.1, -0.05) is 12.1 Å². The maximum Gasteiger partial charge on any atom is 0.308 e. The number of benzene rings is 2. The molecular weight excluding hydrogens is 315 g/mol. The number of carbonyl (C=O) groups excluding carboxylic acids is 1. The van der Waals surface area contributed by atoms with Crippen molar-refractivity contribution in [1.82, 2.24) is 4.98 Å². The number of halogens is 1. The minimum absolute atomic E-state index is 0.324. The lowest BCUT2D eigenvalue weighted by atomic mass is 10.2. The molecule has 23 heavy (non-hydrogen) atoms. The fraction of sp³-hybridized carbons (Fsp3) is 0.0588. The van der Waals surface area contributed by atoms with Crippen LogP contribution in [0, 0.1) is 5.82 Å². The van der Waals surface area contributed by atoms with Crippen LogP contribution in [-0.4, -0.2) is 11.0 Å². The Morgan fingerprint density at radius 3 is 2.61 bits per heavy atom. The summed E-state index contributed by atoms with van der Waals surface area (Å²) in [5.41, 5.74) is 2.04. The van der Waals surface area contributed by atoms with Crippen molar-refractivity contribution >= 4 is 28.1 Å². The highest BCUT2D eigenvalue weighted by atomic mass is 32.1. The van der Waals surface area contributed by atoms with Gasteiger partial charge in [0.1, 0.15) is 11.6 Å². The van der Waals surface area contributed by atoms with Crippen LogP contribution in [0.25, 0.3) is 11.3 Å². The van der Waals surface area contributed by atoms with Gasteiger partial charge in [0.2, 0.25) is 0 Å². The van der Waals surface area contributed by atoms with E-state index in [4.69, 9.17) is 4.74 Å². The molecule has 0 saturated carbocycles. The van der Waals surface area contributed by atoms with Gasteiger partial charge in [-0.3, -0.25) is 4.79 Å². The Hall–Kier alpha value is -2.73. The molecule has 0 saturated heterocycles. The molecule has 2 aromatic carbocycles. The van der Waals surface area contributed by atoms with Gasteiger partial charge in [0.05, 0.1) is 11.4 Å². The van der Waals surface area contributed by atoms with Crippen LogP contribution in [0.5, 0.6) is 5.75 Å². The molecule has 0 radical (unpaired) electrons. The average Bonchev–Trinajstić information content (AvgIpc) is 2.98. The van der Waals surface area contributed by atoms with E-state index in [0.29, 0.717) is 16.6 Å². The van der Waals surface area contributed by atoms with Gasteiger partial charge in [-0.15, -0.1) is 11.3 Å². The first-order valence-electron chi connectivity index (χ1n) is 6.88. The number of carbonyl (C=O) groups is 1. The third kappa shape index (κ3) is 3.73. The number of ether oxygens (including phenoxy) is 1. The Bertz CT molecular complexity index is 831. The quantitative estimate of drug-likeness (QED) is 0.561. The van der Waals surface area contributed by atoms with Crippen molar-refractivity contribution in [3.63, 3.8) is 0 Å². The molecule has 1 N–H and O–H groups in total. The largest absolute Gasteiger partial charge is 0.427 e. The molecule has 116 valence electrons. The number of hydrogen-bond donors (Lipinski definition) is 1. The maximum atomic E-state index is 13.6. The van der Waals surface area contributed by atoms with Gasteiger partial charge in [0.15, 0.2) is 5.13 Å². The molecule has 0 atom stereocenters. The summed E-state index contributed by atoms with van der Waals surface area (Å²) in [6.45, 7) is 1.36. The van der Waals surface area contributed by atoms with Gasteiger partial charge < -0.3 is 10.1 Å². The van der Waals surface area contributed by atoms with Crippen LogP contribution in [0.1, 0.15) is 6.92 Å². The van der Waals surface area contributed by atoms with E-state index in [0.717, 1.165) is 11.3 Å². The number of para-hydroxylation sites is 1. The van der Waals surface area contributed by atoms with E-state index in [1.807, 2.05) is 17.5 Å². The molecule has 1 aromatic heterocycles. The van der Waals surface area contributed by atoms with Gasteiger partial charge in [-0.25, -0.2) is 9.37 Å². The molecule has 0 fully saturated rings. The zero-order chi connectivity index (χ0) is 16.2. The highest BCUT2D eigenvalue weighted by Gasteiger charge is 2.07. The number of esters is 1. The lowest BCUT2D eigenvalue weighted by Gasteiger charge is -2.03. The summed E-state index contributed by atoms with van der Waals surface area (Å²) in [6, 6.07) is 13.5. The number of aromatic nitrogens is 1. The highest BCUT2D eigenvalue weighted by Crippen LogP contribution is 2.29. The van der Waals surface area contributed by atoms with E-state index in [-0.39, 0.29) is 11.8 Å². The summed E-state index contributed by atoms with van der Waals surface area (Å²) in [6.07, 6.45) is 0. The van der Waals surface area contributed by atoms with Crippen LogP contribution in [0.4, 0.5) is 15.2 Å². The smallest absolute Gasteiger partial charge is 0.308 e. The molecule has 4 nitrogen and oxygen atoms in total. The summed E-state index contributed by atoms with van der Waals surface area (Å²) >= 11 is 1.39. The minimum Gasteiger partial charge on any atom is -0.427 e. The topological polar surface area (TPSA) is 51.2 Å². The first-order valence-corrected chi connectivity index (χ1v) is 7.76. The molecule has 6 heteroatoms. The zero-order valence-corrected chi connectivity index (χ0v) is 13.1. The van der Waals surface area contributed by atoms with Crippen molar-refractivity contribution in [2.75, 3.05) is 5.32 Å². The van der Waals surface area contributed by atoms with Gasteiger partial charge in [-0.05, 0) is 36.4 Å². The van der Waals surface area contributed by atoms with Crippen LogP contribution < -0.4 is 10.1 Å². The van der Waals surface area contributed by atoms with Crippen LogP contribution >= 0.6 is 11.3 Å². The van der Waals surface area contributed by atoms with E-state index < -0.39 is 0 Å². The summed E-state index contributed by atoms with van der Waals surface area (Å²) in [7, 11) is 0. The van der Waals surface area contributed by atoms with Crippen LogP contribution in [0.3, 0.4) is 0 Å². The maximum absolute atomic E-state index is 13.6. The average molecular weight is 328 g/mol. The van der Waals surface area contributed by atoms with E-state index >= 15 is 0 Å². The van der Waals surface area contributed by atoms with Gasteiger partial charge >= 0.3 is 5.97 Å². The third-order valence-corrected chi connectivity index (χ3v) is 3.79. The Balaban J connectivity index is 1.76. The minimum atomic E-state index is -0.359. The standard InChI is InChI=1S/C17H13FN2O2S/c1-11(21)22-13-8-6-12(7-9-13)16-10-23-17(20-16)19-15-5-3-2-4-14(15)18/h2-10H,1H3,(H,19,20). The van der Waals surface area contributed by atoms with Gasteiger partial charge in [0, 0.05) is 17.9 Å². The van der Waals surface area contributed by atoms with Gasteiger partial charge in [-0.2, -0.15) is 0 Å². The molecule has 0 aliphatic rings. The second-order valence-electron chi connectivity index (χ2n) is 4.76. The molecule has 3 rings (SSSR count). The van der Waals surface area contributed by atoms with E-state index in [2.05, 4.69) is 10.3 Å². The van der Waals surface area contributed by atoms with Crippen molar-refractivity contribution < 1.29 is 13.9 Å². The number of rotatable bonds is 4. The predicted octanol–water partition coefficient (Wildman–Crippen LogP) is 4.62. The molecule has 0 aliphatic heterocycles. The fourth-order valence-corrected chi connectivity index (χ4v) is 2.73. The van der Waals surface area contributed by atoms with Crippen molar-refractivity contribution in [1.29, 1.82) is 0 Å². The lowest BCUT2D eigenvalue weighted by Crippen LogP contribution is -2.00. The van der Waals surface area contributed by atoms with E-state index in [1.54, 1.807) is 30.3 Å². The van der Waals surface area contributed by atoms with Crippen molar-refractivity contribution in [3.8, 4) is 17.0 Å². The molecule has 0 amide bonds. The lowest BCUT2D eigenvalue weighted by molar-refractivity contribution is -0.131. The number of anilines is 2. The Morgan fingerprint density at radius 1 is 1.17 bits per heavy atom. The van der Waals surface area contributed by atoms with E-state index in [1.165, 1.54) is 24.3 Å². The molecule has 0 aliphatic carbocycles. The predicted molar refractivity (Wildman–Crippen MR) is 88.5 cm³/mol. The number of nitrogens with one attached hydrogen (secondary N) is 1. The third-order valence-electron chi connectivity index (χ3n) is 3.03. The first kappa shape index (κ1) is 15.2. The monoisotopic (exact) mass is 328 g/mol. The molecule has 0 spiro atoms. The zero-order valence-electron chi connectivity index (χ0n) is 12.2. The van der Waals surface area contributed by atoms with Gasteiger partial charge in [0.25, 0.3) is 0 Å². The Labute approximate surface area is 136 Å². The summed E-state index contributed by atoms with van der Waals surface area (Å²) in [4.78, 5) is 15.3. The summed E-state index contributed by atoms with van der Waals surface area (Å²) in [5, 5.41) is 5.45. The first-order chi connectivity index (χ1) is 11.1. The van der Waals surface area contributed by atoms with E-state index in [9.17, 15) is 9.18 Å². The molecule has 0 bridgehead atoms. The summed E-state index contributed by atoms with van der Waals surface area (Å²) in [5.74, 6) is -0.195. The SMILES string of the molecule is CC(=O)Oc1ccc(-c2csc(Nc3ccccc3F)n2)cc1. The normalized spacial score (nSPS) is 10.3.